The molecule has 16 heavy (non-hydrogen) atoms. The summed E-state index contributed by atoms with van der Waals surface area (Å²) in [5, 5.41) is 3.37. The van der Waals surface area contributed by atoms with Gasteiger partial charge in [0, 0.05) is 6.04 Å². The van der Waals surface area contributed by atoms with Crippen LogP contribution in [0.15, 0.2) is 0 Å². The minimum atomic E-state index is 0.339. The van der Waals surface area contributed by atoms with E-state index < -0.39 is 0 Å². The number of unbranched alkanes of at least 4 members (excludes halogenated alkanes) is 1. The predicted octanol–water partition coefficient (Wildman–Crippen LogP) is 3.61. The van der Waals surface area contributed by atoms with Crippen molar-refractivity contribution in [1.82, 2.24) is 5.32 Å². The lowest BCUT2D eigenvalue weighted by molar-refractivity contribution is 0.0570. The molecule has 2 unspecified atom stereocenters. The van der Waals surface area contributed by atoms with Crippen LogP contribution in [0.1, 0.15) is 59.8 Å². The highest BCUT2D eigenvalue weighted by atomic mass is 16.5. The summed E-state index contributed by atoms with van der Waals surface area (Å²) in [6, 6.07) is 0.518. The summed E-state index contributed by atoms with van der Waals surface area (Å²) in [6.45, 7) is 9.61. The van der Waals surface area contributed by atoms with E-state index in [1.165, 1.54) is 32.1 Å². The smallest absolute Gasteiger partial charge is 0.0623 e. The number of hydrogen-bond acceptors (Lipinski definition) is 2. The van der Waals surface area contributed by atoms with Gasteiger partial charge in [-0.2, -0.15) is 0 Å². The fourth-order valence-electron chi connectivity index (χ4n) is 1.96. The molecule has 0 saturated carbocycles. The quantitative estimate of drug-likeness (QED) is 0.618. The van der Waals surface area contributed by atoms with Crippen molar-refractivity contribution < 1.29 is 4.74 Å². The molecule has 0 heterocycles. The third-order valence-electron chi connectivity index (χ3n) is 3.20. The summed E-state index contributed by atoms with van der Waals surface area (Å²) in [4.78, 5) is 0. The molecule has 0 bridgehead atoms. The average Bonchev–Trinajstić information content (AvgIpc) is 2.28. The van der Waals surface area contributed by atoms with Crippen LogP contribution in [0.5, 0.6) is 0 Å². The Morgan fingerprint density at radius 2 is 1.88 bits per heavy atom. The molecule has 0 fully saturated rings. The topological polar surface area (TPSA) is 21.3 Å². The summed E-state index contributed by atoms with van der Waals surface area (Å²) >= 11 is 0. The Balaban J connectivity index is 3.86. The van der Waals surface area contributed by atoms with Gasteiger partial charge in [0.25, 0.3) is 0 Å². The van der Waals surface area contributed by atoms with Crippen molar-refractivity contribution in [3.63, 3.8) is 0 Å². The number of ether oxygens (including phenoxy) is 1. The zero-order chi connectivity index (χ0) is 12.4. The largest absolute Gasteiger partial charge is 0.377 e. The molecule has 1 N–H and O–H groups in total. The van der Waals surface area contributed by atoms with E-state index in [2.05, 4.69) is 33.0 Å². The van der Waals surface area contributed by atoms with E-state index in [1.54, 1.807) is 0 Å². The normalized spacial score (nSPS) is 15.4. The summed E-state index contributed by atoms with van der Waals surface area (Å²) in [6.07, 6.45) is 6.92. The molecule has 98 valence electrons. The van der Waals surface area contributed by atoms with Crippen molar-refractivity contribution >= 4 is 0 Å². The van der Waals surface area contributed by atoms with Crippen LogP contribution in [0.3, 0.4) is 0 Å². The molecule has 0 spiro atoms. The molecule has 0 aliphatic carbocycles. The molecular formula is C14H31NO. The maximum absolute atomic E-state index is 5.68. The van der Waals surface area contributed by atoms with Gasteiger partial charge in [0.1, 0.15) is 0 Å². The molecular weight excluding hydrogens is 198 g/mol. The number of rotatable bonds is 10. The molecule has 0 saturated heterocycles. The van der Waals surface area contributed by atoms with Crippen LogP contribution in [0.25, 0.3) is 0 Å². The second kappa shape index (κ2) is 10.1. The Morgan fingerprint density at radius 3 is 2.31 bits per heavy atom. The second-order valence-corrected chi connectivity index (χ2v) is 5.02. The van der Waals surface area contributed by atoms with E-state index in [4.69, 9.17) is 4.74 Å². The molecule has 0 aromatic heterocycles. The maximum Gasteiger partial charge on any atom is 0.0623 e. The highest BCUT2D eigenvalue weighted by Gasteiger charge is 2.14. The molecule has 0 aliphatic heterocycles. The molecule has 2 nitrogen and oxygen atoms in total. The van der Waals surface area contributed by atoms with Crippen molar-refractivity contribution in [2.24, 2.45) is 5.92 Å². The van der Waals surface area contributed by atoms with E-state index in [9.17, 15) is 0 Å². The first-order valence-electron chi connectivity index (χ1n) is 6.92. The van der Waals surface area contributed by atoms with Gasteiger partial charge in [0.15, 0.2) is 0 Å². The Labute approximate surface area is 102 Å². The lowest BCUT2D eigenvalue weighted by Crippen LogP contribution is -2.33. The lowest BCUT2D eigenvalue weighted by atomic mass is 9.92. The van der Waals surface area contributed by atoms with Crippen LogP contribution < -0.4 is 5.32 Å². The number of nitrogens with one attached hydrogen (secondary N) is 1. The molecule has 0 aromatic rings. The van der Waals surface area contributed by atoms with Crippen LogP contribution in [-0.4, -0.2) is 25.8 Å². The lowest BCUT2D eigenvalue weighted by Gasteiger charge is -2.23. The van der Waals surface area contributed by atoms with Gasteiger partial charge in [0.05, 0.1) is 12.7 Å². The van der Waals surface area contributed by atoms with Gasteiger partial charge in [0.2, 0.25) is 0 Å². The Hall–Kier alpha value is -0.0800. The van der Waals surface area contributed by atoms with Gasteiger partial charge in [-0.15, -0.1) is 0 Å². The van der Waals surface area contributed by atoms with Gasteiger partial charge in [-0.05, 0) is 33.2 Å². The predicted molar refractivity (Wildman–Crippen MR) is 71.9 cm³/mol. The van der Waals surface area contributed by atoms with Crippen molar-refractivity contribution in [2.45, 2.75) is 71.9 Å². The third kappa shape index (κ3) is 8.12. The molecule has 0 amide bonds. The number of hydrogen-bond donors (Lipinski definition) is 1. The monoisotopic (exact) mass is 229 g/mol. The van der Waals surface area contributed by atoms with E-state index in [0.29, 0.717) is 12.1 Å². The zero-order valence-corrected chi connectivity index (χ0v) is 11.9. The average molecular weight is 229 g/mol. The minimum absolute atomic E-state index is 0.339. The maximum atomic E-state index is 5.68. The highest BCUT2D eigenvalue weighted by Crippen LogP contribution is 2.18. The second-order valence-electron chi connectivity index (χ2n) is 5.02. The number of likely N-dealkylation sites (N-methyl/N-ethyl adjacent to an activating group) is 1. The van der Waals surface area contributed by atoms with E-state index in [-0.39, 0.29) is 0 Å². The summed E-state index contributed by atoms with van der Waals surface area (Å²) in [5.74, 6) is 0.855. The Kier molecular flexibility index (Phi) is 10.0. The van der Waals surface area contributed by atoms with Crippen LogP contribution in [0.4, 0.5) is 0 Å². The first kappa shape index (κ1) is 15.9. The van der Waals surface area contributed by atoms with Gasteiger partial charge < -0.3 is 10.1 Å². The third-order valence-corrected chi connectivity index (χ3v) is 3.20. The van der Waals surface area contributed by atoms with Gasteiger partial charge in [-0.3, -0.25) is 0 Å². The van der Waals surface area contributed by atoms with E-state index in [1.807, 2.05) is 7.05 Å². The standard InChI is InChI=1S/C14H31NO/c1-6-8-9-13(7-2)10-14(15-5)11-16-12(3)4/h12-15H,6-11H2,1-5H3. The SMILES string of the molecule is CCCCC(CC)CC(COC(C)C)NC. The Morgan fingerprint density at radius 1 is 1.19 bits per heavy atom. The highest BCUT2D eigenvalue weighted by molar-refractivity contribution is 4.70. The summed E-state index contributed by atoms with van der Waals surface area (Å²) < 4.78 is 5.68. The molecule has 0 aliphatic rings. The zero-order valence-electron chi connectivity index (χ0n) is 11.9. The van der Waals surface area contributed by atoms with Crippen LogP contribution in [0, 0.1) is 5.92 Å². The van der Waals surface area contributed by atoms with Gasteiger partial charge in [-0.25, -0.2) is 0 Å². The molecule has 0 aromatic carbocycles. The van der Waals surface area contributed by atoms with Crippen LogP contribution in [-0.2, 0) is 4.74 Å². The molecule has 0 radical (unpaired) electrons. The molecule has 2 atom stereocenters. The van der Waals surface area contributed by atoms with Crippen LogP contribution >= 0.6 is 0 Å². The van der Waals surface area contributed by atoms with E-state index in [0.717, 1.165) is 12.5 Å². The van der Waals surface area contributed by atoms with Crippen molar-refractivity contribution in [1.29, 1.82) is 0 Å². The first-order chi connectivity index (χ1) is 7.63. The molecule has 2 heteroatoms. The minimum Gasteiger partial charge on any atom is -0.377 e. The summed E-state index contributed by atoms with van der Waals surface area (Å²) in [5.41, 5.74) is 0. The van der Waals surface area contributed by atoms with Gasteiger partial charge >= 0.3 is 0 Å². The molecule has 0 rings (SSSR count). The van der Waals surface area contributed by atoms with Crippen molar-refractivity contribution in [2.75, 3.05) is 13.7 Å². The van der Waals surface area contributed by atoms with Gasteiger partial charge in [-0.1, -0.05) is 39.5 Å². The van der Waals surface area contributed by atoms with E-state index >= 15 is 0 Å². The first-order valence-corrected chi connectivity index (χ1v) is 6.92. The van der Waals surface area contributed by atoms with Crippen molar-refractivity contribution in [3.05, 3.63) is 0 Å². The fraction of sp³-hybridized carbons (Fsp3) is 1.00. The summed E-state index contributed by atoms with van der Waals surface area (Å²) in [7, 11) is 2.04. The van der Waals surface area contributed by atoms with Crippen LogP contribution in [0.2, 0.25) is 0 Å². The Bertz CT molecular complexity index is 148. The van der Waals surface area contributed by atoms with Crippen molar-refractivity contribution in [3.8, 4) is 0 Å². The fourth-order valence-corrected chi connectivity index (χ4v) is 1.96.